The third-order valence-corrected chi connectivity index (χ3v) is 8.34. The van der Waals surface area contributed by atoms with Gasteiger partial charge in [0.15, 0.2) is 6.39 Å². The van der Waals surface area contributed by atoms with Crippen LogP contribution >= 0.6 is 7.26 Å². The van der Waals surface area contributed by atoms with Gasteiger partial charge >= 0.3 is 0 Å². The molecule has 26 heavy (non-hydrogen) atoms. The third kappa shape index (κ3) is 3.12. The molecule has 0 saturated carbocycles. The lowest BCUT2D eigenvalue weighted by Gasteiger charge is -2.23. The van der Waals surface area contributed by atoms with Crippen molar-refractivity contribution in [2.45, 2.75) is 0 Å². The van der Waals surface area contributed by atoms with Crippen molar-refractivity contribution in [2.24, 2.45) is 0 Å². The fourth-order valence-corrected chi connectivity index (χ4v) is 6.90. The van der Waals surface area contributed by atoms with Crippen LogP contribution in [0.1, 0.15) is 5.76 Å². The number of benzene rings is 3. The second kappa shape index (κ2) is 7.51. The highest BCUT2D eigenvalue weighted by atomic mass is 31.2. The Balaban J connectivity index is 2.00. The molecular formula is C23H19NOP+. The molecule has 2 nitrogen and oxygen atoms in total. The van der Waals surface area contributed by atoms with Gasteiger partial charge < -0.3 is 4.42 Å². The van der Waals surface area contributed by atoms with Gasteiger partial charge in [-0.1, -0.05) is 54.6 Å². The van der Waals surface area contributed by atoms with Gasteiger partial charge in [0, 0.05) is 6.08 Å². The lowest BCUT2D eigenvalue weighted by Crippen LogP contribution is -2.29. The summed E-state index contributed by atoms with van der Waals surface area (Å²) in [6, 6.07) is 32.2. The van der Waals surface area contributed by atoms with Gasteiger partial charge in [0.05, 0.1) is 12.0 Å². The largest absolute Gasteiger partial charge is 0.444 e. The van der Waals surface area contributed by atoms with Gasteiger partial charge in [-0.15, -0.1) is 0 Å². The topological polar surface area (TPSA) is 26.0 Å². The summed E-state index contributed by atoms with van der Waals surface area (Å²) in [6.07, 6.45) is 5.26. The zero-order valence-corrected chi connectivity index (χ0v) is 15.2. The Hall–Kier alpha value is -2.96. The van der Waals surface area contributed by atoms with E-state index in [0.717, 1.165) is 5.76 Å². The van der Waals surface area contributed by atoms with Crippen molar-refractivity contribution in [3.8, 4) is 0 Å². The molecule has 0 aliphatic carbocycles. The molecule has 0 N–H and O–H groups in total. The van der Waals surface area contributed by atoms with Gasteiger partial charge in [-0.2, -0.15) is 0 Å². The summed E-state index contributed by atoms with van der Waals surface area (Å²) in [5.41, 5.74) is 0. The van der Waals surface area contributed by atoms with Crippen LogP contribution in [0.15, 0.2) is 114 Å². The molecule has 0 aliphatic heterocycles. The molecule has 0 saturated heterocycles. The molecule has 1 aromatic heterocycles. The van der Waals surface area contributed by atoms with E-state index < -0.39 is 7.26 Å². The summed E-state index contributed by atoms with van der Waals surface area (Å²) in [4.78, 5) is 4.04. The van der Waals surface area contributed by atoms with Gasteiger partial charge in [0.2, 0.25) is 0 Å². The highest BCUT2D eigenvalue weighted by Gasteiger charge is 2.43. The first-order valence-electron chi connectivity index (χ1n) is 8.53. The predicted octanol–water partition coefficient (Wildman–Crippen LogP) is 4.64. The molecule has 126 valence electrons. The maximum Gasteiger partial charge on any atom is 0.181 e. The van der Waals surface area contributed by atoms with Gasteiger partial charge in [0.25, 0.3) is 0 Å². The van der Waals surface area contributed by atoms with Crippen molar-refractivity contribution in [1.29, 1.82) is 0 Å². The standard InChI is InChI=1S/C23H19NOP/c1-4-10-21(11-5-1)26(22-12-6-2-7-13-22,23-14-8-3-9-15-23)17-16-20-18-24-19-25-20/h1-19H/q+1. The van der Waals surface area contributed by atoms with Gasteiger partial charge in [-0.05, 0) is 36.4 Å². The molecule has 0 atom stereocenters. The second-order valence-electron chi connectivity index (χ2n) is 5.95. The van der Waals surface area contributed by atoms with Crippen molar-refractivity contribution < 1.29 is 4.42 Å². The van der Waals surface area contributed by atoms with E-state index in [0.29, 0.717) is 0 Å². The average Bonchev–Trinajstić information content (AvgIpc) is 3.25. The monoisotopic (exact) mass is 356 g/mol. The summed E-state index contributed by atoms with van der Waals surface area (Å²) in [6.45, 7) is 0. The van der Waals surface area contributed by atoms with Crippen LogP contribution < -0.4 is 15.9 Å². The van der Waals surface area contributed by atoms with E-state index >= 15 is 0 Å². The Bertz CT molecular complexity index is 868. The first-order chi connectivity index (χ1) is 12.9. The van der Waals surface area contributed by atoms with Crippen LogP contribution in [-0.2, 0) is 0 Å². The maximum atomic E-state index is 5.46. The molecule has 0 fully saturated rings. The Morgan fingerprint density at radius 2 is 1.12 bits per heavy atom. The van der Waals surface area contributed by atoms with Crippen molar-refractivity contribution in [3.05, 3.63) is 115 Å². The Kier molecular flexibility index (Phi) is 4.77. The molecule has 0 aliphatic rings. The first kappa shape index (κ1) is 16.5. The van der Waals surface area contributed by atoms with Gasteiger partial charge in [0.1, 0.15) is 28.9 Å². The van der Waals surface area contributed by atoms with Crippen LogP contribution in [0.3, 0.4) is 0 Å². The van der Waals surface area contributed by atoms with Crippen molar-refractivity contribution in [1.82, 2.24) is 4.98 Å². The van der Waals surface area contributed by atoms with E-state index in [4.69, 9.17) is 4.42 Å². The summed E-state index contributed by atoms with van der Waals surface area (Å²) in [5, 5.41) is 3.94. The summed E-state index contributed by atoms with van der Waals surface area (Å²) < 4.78 is 5.46. The van der Waals surface area contributed by atoms with Crippen LogP contribution in [0, 0.1) is 0 Å². The number of nitrogens with zero attached hydrogens (tertiary/aromatic N) is 1. The van der Waals surface area contributed by atoms with E-state index in [2.05, 4.69) is 102 Å². The molecule has 0 bridgehead atoms. The van der Waals surface area contributed by atoms with Crippen LogP contribution in [0.5, 0.6) is 0 Å². The number of aromatic nitrogens is 1. The van der Waals surface area contributed by atoms with Gasteiger partial charge in [-0.25, -0.2) is 4.98 Å². The second-order valence-corrected chi connectivity index (χ2v) is 9.24. The van der Waals surface area contributed by atoms with E-state index in [1.807, 2.05) is 6.08 Å². The Labute approximate surface area is 154 Å². The minimum absolute atomic E-state index is 0.761. The molecule has 4 rings (SSSR count). The number of hydrogen-bond acceptors (Lipinski definition) is 2. The van der Waals surface area contributed by atoms with E-state index in [9.17, 15) is 0 Å². The molecule has 3 aromatic carbocycles. The highest BCUT2D eigenvalue weighted by molar-refractivity contribution is 7.98. The summed E-state index contributed by atoms with van der Waals surface area (Å²) in [5.74, 6) is 3.07. The molecule has 4 aromatic rings. The molecule has 0 radical (unpaired) electrons. The summed E-state index contributed by atoms with van der Waals surface area (Å²) in [7, 11) is -1.96. The molecule has 0 amide bonds. The quantitative estimate of drug-likeness (QED) is 0.487. The van der Waals surface area contributed by atoms with E-state index in [1.165, 1.54) is 22.3 Å². The average molecular weight is 356 g/mol. The smallest absolute Gasteiger partial charge is 0.181 e. The van der Waals surface area contributed by atoms with E-state index in [1.54, 1.807) is 6.20 Å². The molecular weight excluding hydrogens is 337 g/mol. The highest BCUT2D eigenvalue weighted by Crippen LogP contribution is 2.57. The number of rotatable bonds is 5. The lowest BCUT2D eigenvalue weighted by atomic mass is 10.4. The fourth-order valence-electron chi connectivity index (χ4n) is 3.19. The zero-order valence-electron chi connectivity index (χ0n) is 14.3. The summed E-state index contributed by atoms with van der Waals surface area (Å²) >= 11 is 0. The minimum atomic E-state index is -1.96. The zero-order chi connectivity index (χ0) is 17.7. The van der Waals surface area contributed by atoms with Crippen LogP contribution in [0.25, 0.3) is 6.08 Å². The van der Waals surface area contributed by atoms with Crippen LogP contribution in [0.4, 0.5) is 0 Å². The van der Waals surface area contributed by atoms with Crippen LogP contribution in [0.2, 0.25) is 0 Å². The van der Waals surface area contributed by atoms with Gasteiger partial charge in [-0.3, -0.25) is 0 Å². The maximum absolute atomic E-state index is 5.46. The van der Waals surface area contributed by atoms with Crippen molar-refractivity contribution in [3.63, 3.8) is 0 Å². The Morgan fingerprint density at radius 1 is 0.654 bits per heavy atom. The number of oxazole rings is 1. The molecule has 0 spiro atoms. The number of hydrogen-bond donors (Lipinski definition) is 0. The third-order valence-electron chi connectivity index (χ3n) is 4.40. The first-order valence-corrected chi connectivity index (χ1v) is 10.4. The fraction of sp³-hybridized carbons (Fsp3) is 0. The van der Waals surface area contributed by atoms with Crippen LogP contribution in [-0.4, -0.2) is 4.98 Å². The SMILES string of the molecule is C(=C[P+](c1ccccc1)(c1ccccc1)c1ccccc1)c1cnco1. The van der Waals surface area contributed by atoms with Crippen molar-refractivity contribution in [2.75, 3.05) is 0 Å². The Morgan fingerprint density at radius 3 is 1.50 bits per heavy atom. The lowest BCUT2D eigenvalue weighted by molar-refractivity contribution is 0.548. The normalized spacial score (nSPS) is 11.7. The molecule has 0 unspecified atom stereocenters. The predicted molar refractivity (Wildman–Crippen MR) is 111 cm³/mol. The van der Waals surface area contributed by atoms with E-state index in [-0.39, 0.29) is 0 Å². The molecule has 1 heterocycles. The molecule has 3 heteroatoms. The minimum Gasteiger partial charge on any atom is -0.444 e. The van der Waals surface area contributed by atoms with Crippen molar-refractivity contribution >= 4 is 29.3 Å².